The Morgan fingerprint density at radius 1 is 1.04 bits per heavy atom. The number of amides is 1. The molecule has 2 fully saturated rings. The van der Waals surface area contributed by atoms with Gasteiger partial charge in [0.25, 0.3) is 5.91 Å². The highest BCUT2D eigenvalue weighted by Crippen LogP contribution is 2.22. The van der Waals surface area contributed by atoms with Crippen LogP contribution in [0.5, 0.6) is 0 Å². The second-order valence-corrected chi connectivity index (χ2v) is 7.85. The van der Waals surface area contributed by atoms with Crippen molar-refractivity contribution in [3.8, 4) is 0 Å². The first-order valence-corrected chi connectivity index (χ1v) is 10.3. The molecule has 0 radical (unpaired) electrons. The Morgan fingerprint density at radius 3 is 2.46 bits per heavy atom. The molecule has 1 aliphatic carbocycles. The van der Waals surface area contributed by atoms with Gasteiger partial charge in [-0.1, -0.05) is 19.3 Å². The second-order valence-electron chi connectivity index (χ2n) is 7.85. The van der Waals surface area contributed by atoms with Crippen molar-refractivity contribution in [2.75, 3.05) is 11.4 Å². The van der Waals surface area contributed by atoms with E-state index < -0.39 is 0 Å². The van der Waals surface area contributed by atoms with E-state index in [-0.39, 0.29) is 11.8 Å². The zero-order valence-electron chi connectivity index (χ0n) is 16.4. The van der Waals surface area contributed by atoms with E-state index in [0.29, 0.717) is 18.0 Å². The number of benzene rings is 1. The first-order chi connectivity index (χ1) is 13.6. The van der Waals surface area contributed by atoms with E-state index in [1.54, 1.807) is 21.6 Å². The quantitative estimate of drug-likeness (QED) is 0.816. The van der Waals surface area contributed by atoms with Crippen LogP contribution in [0.2, 0.25) is 0 Å². The zero-order chi connectivity index (χ0) is 19.5. The summed E-state index contributed by atoms with van der Waals surface area (Å²) < 4.78 is 1.65. The minimum Gasteiger partial charge on any atom is -0.312 e. The molecule has 1 aromatic carbocycles. The molecule has 5 heteroatoms. The van der Waals surface area contributed by atoms with Crippen LogP contribution in [0.1, 0.15) is 60.9 Å². The van der Waals surface area contributed by atoms with Crippen LogP contribution in [0.15, 0.2) is 47.6 Å². The lowest BCUT2D eigenvalue weighted by molar-refractivity contribution is -0.117. The van der Waals surface area contributed by atoms with Gasteiger partial charge in [-0.3, -0.25) is 19.1 Å². The topological polar surface area (TPSA) is 54.7 Å². The number of rotatable bonds is 3. The second kappa shape index (κ2) is 8.13. The van der Waals surface area contributed by atoms with Crippen LogP contribution < -0.4 is 10.4 Å². The molecular weight excluding hydrogens is 350 g/mol. The van der Waals surface area contributed by atoms with Gasteiger partial charge in [0.2, 0.25) is 5.91 Å². The summed E-state index contributed by atoms with van der Waals surface area (Å²) in [6.07, 6.45) is 9.22. The van der Waals surface area contributed by atoms with Crippen molar-refractivity contribution in [2.24, 2.45) is 4.99 Å². The molecule has 0 bridgehead atoms. The summed E-state index contributed by atoms with van der Waals surface area (Å²) in [4.78, 5) is 31.8. The van der Waals surface area contributed by atoms with Gasteiger partial charge in [0.1, 0.15) is 5.49 Å². The predicted molar refractivity (Wildman–Crippen MR) is 109 cm³/mol. The minimum absolute atomic E-state index is 0.0890. The number of nitrogens with zero attached hydrogens (tertiary/aromatic N) is 3. The van der Waals surface area contributed by atoms with Crippen LogP contribution in [-0.4, -0.2) is 29.0 Å². The largest absolute Gasteiger partial charge is 0.312 e. The zero-order valence-corrected chi connectivity index (χ0v) is 16.4. The van der Waals surface area contributed by atoms with Gasteiger partial charge in [-0.2, -0.15) is 0 Å². The normalized spacial score (nSPS) is 18.7. The van der Waals surface area contributed by atoms with Crippen LogP contribution in [0.4, 0.5) is 5.69 Å². The van der Waals surface area contributed by atoms with Crippen molar-refractivity contribution >= 4 is 17.5 Å². The highest BCUT2D eigenvalue weighted by molar-refractivity contribution is 5.98. The van der Waals surface area contributed by atoms with Gasteiger partial charge in [-0.15, -0.1) is 0 Å². The number of hydrogen-bond acceptors (Lipinski definition) is 3. The van der Waals surface area contributed by atoms with Crippen LogP contribution >= 0.6 is 0 Å². The molecule has 5 nitrogen and oxygen atoms in total. The molecule has 0 N–H and O–H groups in total. The lowest BCUT2D eigenvalue weighted by Crippen LogP contribution is -2.30. The average Bonchev–Trinajstić information content (AvgIpc) is 3.14. The fraction of sp³-hybridized carbons (Fsp3) is 0.435. The molecule has 0 unspecified atom stereocenters. The number of carbonyl (C=O) groups is 2. The Kier molecular flexibility index (Phi) is 5.42. The van der Waals surface area contributed by atoms with E-state index in [0.717, 1.165) is 42.5 Å². The molecule has 1 saturated carbocycles. The van der Waals surface area contributed by atoms with E-state index in [4.69, 9.17) is 4.99 Å². The Labute approximate surface area is 165 Å². The van der Waals surface area contributed by atoms with Crippen molar-refractivity contribution in [1.29, 1.82) is 0 Å². The van der Waals surface area contributed by atoms with Crippen LogP contribution in [0.25, 0.3) is 0 Å². The molecule has 146 valence electrons. The molecule has 28 heavy (non-hydrogen) atoms. The van der Waals surface area contributed by atoms with Crippen molar-refractivity contribution in [3.05, 3.63) is 59.2 Å². The molecule has 2 heterocycles. The Balaban J connectivity index is 1.62. The fourth-order valence-electron chi connectivity index (χ4n) is 4.10. The third-order valence-electron chi connectivity index (χ3n) is 5.70. The van der Waals surface area contributed by atoms with Crippen molar-refractivity contribution in [2.45, 2.75) is 57.9 Å². The van der Waals surface area contributed by atoms with Gasteiger partial charge >= 0.3 is 0 Å². The number of aryl methyl sites for hydroxylation is 1. The summed E-state index contributed by atoms with van der Waals surface area (Å²) in [5.74, 6) is 0.0643. The lowest BCUT2D eigenvalue weighted by atomic mass is 9.96. The molecule has 1 saturated heterocycles. The molecule has 0 atom stereocenters. The number of carbonyl (C=O) groups excluding carboxylic acids is 2. The van der Waals surface area contributed by atoms with Gasteiger partial charge in [-0.05, 0) is 68.1 Å². The molecule has 1 aliphatic heterocycles. The lowest BCUT2D eigenvalue weighted by Gasteiger charge is -2.18. The maximum atomic E-state index is 13.1. The first-order valence-electron chi connectivity index (χ1n) is 10.3. The van der Waals surface area contributed by atoms with Gasteiger partial charge < -0.3 is 4.90 Å². The van der Waals surface area contributed by atoms with Crippen LogP contribution in [0.3, 0.4) is 0 Å². The maximum Gasteiger partial charge on any atom is 0.263 e. The summed E-state index contributed by atoms with van der Waals surface area (Å²) in [6, 6.07) is 11.6. The molecule has 1 amide bonds. The highest BCUT2D eigenvalue weighted by Gasteiger charge is 2.22. The van der Waals surface area contributed by atoms with E-state index in [1.807, 2.05) is 37.4 Å². The van der Waals surface area contributed by atoms with Gasteiger partial charge in [0.05, 0.1) is 6.04 Å². The summed E-state index contributed by atoms with van der Waals surface area (Å²) in [5, 5.41) is 0. The third kappa shape index (κ3) is 3.93. The van der Waals surface area contributed by atoms with Gasteiger partial charge in [0.15, 0.2) is 0 Å². The molecule has 4 rings (SSSR count). The summed E-state index contributed by atoms with van der Waals surface area (Å²) in [5.41, 5.74) is 3.29. The molecule has 0 spiro atoms. The highest BCUT2D eigenvalue weighted by atomic mass is 16.2. The minimum atomic E-state index is -0.0890. The SMILES string of the molecule is Cc1ccn(C(=O)c2ccc(N3CCCC3=O)cc2)c(=NC2CCCCC2)c1. The summed E-state index contributed by atoms with van der Waals surface area (Å²) in [7, 11) is 0. The smallest absolute Gasteiger partial charge is 0.263 e. The van der Waals surface area contributed by atoms with Gasteiger partial charge in [-0.25, -0.2) is 0 Å². The van der Waals surface area contributed by atoms with E-state index in [9.17, 15) is 9.59 Å². The molecule has 2 aromatic rings. The van der Waals surface area contributed by atoms with Crippen molar-refractivity contribution in [1.82, 2.24) is 4.57 Å². The molecule has 2 aliphatic rings. The number of hydrogen-bond donors (Lipinski definition) is 0. The average molecular weight is 377 g/mol. The Bertz CT molecular complexity index is 937. The number of anilines is 1. The van der Waals surface area contributed by atoms with E-state index >= 15 is 0 Å². The predicted octanol–water partition coefficient (Wildman–Crippen LogP) is 3.85. The van der Waals surface area contributed by atoms with Crippen LogP contribution in [-0.2, 0) is 4.79 Å². The summed E-state index contributed by atoms with van der Waals surface area (Å²) >= 11 is 0. The number of aromatic nitrogens is 1. The first kappa shape index (κ1) is 18.7. The van der Waals surface area contributed by atoms with E-state index in [1.165, 1.54) is 19.3 Å². The summed E-state index contributed by atoms with van der Waals surface area (Å²) in [6.45, 7) is 2.78. The van der Waals surface area contributed by atoms with Crippen molar-refractivity contribution in [3.63, 3.8) is 0 Å². The standard InChI is InChI=1S/C23H27N3O2/c1-17-13-15-26(21(16-17)24-19-6-3-2-4-7-19)23(28)18-9-11-20(12-10-18)25-14-5-8-22(25)27/h9-13,15-16,19H,2-8,14H2,1H3. The fourth-order valence-corrected chi connectivity index (χ4v) is 4.10. The van der Waals surface area contributed by atoms with Crippen molar-refractivity contribution < 1.29 is 9.59 Å². The van der Waals surface area contributed by atoms with Gasteiger partial charge in [0, 0.05) is 30.4 Å². The molecular formula is C23H27N3O2. The Hall–Kier alpha value is -2.69. The Morgan fingerprint density at radius 2 is 1.79 bits per heavy atom. The number of pyridine rings is 1. The monoisotopic (exact) mass is 377 g/mol. The maximum absolute atomic E-state index is 13.1. The molecule has 1 aromatic heterocycles. The third-order valence-corrected chi connectivity index (χ3v) is 5.70. The van der Waals surface area contributed by atoms with Crippen LogP contribution in [0, 0.1) is 6.92 Å². The van der Waals surface area contributed by atoms with E-state index in [2.05, 4.69) is 0 Å².